The third-order valence-electron chi connectivity index (χ3n) is 2.89. The van der Waals surface area contributed by atoms with Crippen LogP contribution < -0.4 is 14.2 Å². The number of carbonyl (C=O) groups excluding carboxylic acids is 2. The summed E-state index contributed by atoms with van der Waals surface area (Å²) in [7, 11) is 4.37. The van der Waals surface area contributed by atoms with Crippen LogP contribution in [0.15, 0.2) is 12.3 Å². The predicted molar refractivity (Wildman–Crippen MR) is 73.1 cm³/mol. The molecule has 0 aliphatic heterocycles. The smallest absolute Gasteiger partial charge is 0.293 e. The number of benzene rings is 1. The van der Waals surface area contributed by atoms with Crippen molar-refractivity contribution in [1.29, 1.82) is 0 Å². The minimum atomic E-state index is -1.07. The number of carbonyl (C=O) groups is 2. The van der Waals surface area contributed by atoms with Crippen LogP contribution in [0, 0.1) is 0 Å². The van der Waals surface area contributed by atoms with Crippen molar-refractivity contribution in [3.63, 3.8) is 0 Å². The van der Waals surface area contributed by atoms with E-state index in [0.29, 0.717) is 28.2 Å². The second kappa shape index (κ2) is 5.42. The van der Waals surface area contributed by atoms with E-state index in [2.05, 4.69) is 4.98 Å². The maximum absolute atomic E-state index is 11.8. The molecule has 7 heteroatoms. The average Bonchev–Trinajstić information content (AvgIpc) is 2.87. The van der Waals surface area contributed by atoms with E-state index in [1.165, 1.54) is 27.5 Å². The first-order chi connectivity index (χ1) is 9.54. The normalized spacial score (nSPS) is 10.4. The molecule has 2 rings (SSSR count). The van der Waals surface area contributed by atoms with Gasteiger partial charge in [-0.15, -0.1) is 0 Å². The zero-order chi connectivity index (χ0) is 14.9. The molecule has 0 saturated heterocycles. The Bertz CT molecular complexity index is 692. The van der Waals surface area contributed by atoms with Crippen molar-refractivity contribution in [3.8, 4) is 17.2 Å². The van der Waals surface area contributed by atoms with Gasteiger partial charge in [-0.05, 0) is 11.6 Å². The van der Waals surface area contributed by atoms with E-state index in [1.54, 1.807) is 6.07 Å². The summed E-state index contributed by atoms with van der Waals surface area (Å²) in [5.41, 5.74) is 0.693. The lowest BCUT2D eigenvalue weighted by Gasteiger charge is -2.13. The van der Waals surface area contributed by atoms with Crippen molar-refractivity contribution in [2.75, 3.05) is 21.3 Å². The molecule has 0 saturated carbocycles. The molecule has 0 amide bonds. The molecule has 0 unspecified atom stereocenters. The van der Waals surface area contributed by atoms with Crippen LogP contribution in [0.5, 0.6) is 17.2 Å². The third kappa shape index (κ3) is 2.08. The van der Waals surface area contributed by atoms with Gasteiger partial charge in [-0.3, -0.25) is 9.59 Å². The van der Waals surface area contributed by atoms with Gasteiger partial charge < -0.3 is 19.2 Å². The quantitative estimate of drug-likeness (QED) is 0.520. The van der Waals surface area contributed by atoms with Crippen LogP contribution in [-0.2, 0) is 4.79 Å². The number of H-pyrrole nitrogens is 1. The minimum Gasteiger partial charge on any atom is -0.493 e. The summed E-state index contributed by atoms with van der Waals surface area (Å²) in [6.45, 7) is 0. The van der Waals surface area contributed by atoms with Gasteiger partial charge in [-0.2, -0.15) is 0 Å². The summed E-state index contributed by atoms with van der Waals surface area (Å²) >= 11 is 5.25. The number of halogens is 1. The van der Waals surface area contributed by atoms with Crippen molar-refractivity contribution >= 4 is 33.5 Å². The topological polar surface area (TPSA) is 77.6 Å². The predicted octanol–water partition coefficient (Wildman–Crippen LogP) is 2.14. The van der Waals surface area contributed by atoms with Gasteiger partial charge in [0.15, 0.2) is 11.5 Å². The van der Waals surface area contributed by atoms with Gasteiger partial charge in [-0.1, -0.05) is 0 Å². The standard InChI is InChI=1S/C13H12ClNO5/c1-18-8-4-7-9(12(20-3)11(8)19-2)6(5-15-7)10(16)13(14)17/h4-5,15H,1-3H3. The molecule has 6 nitrogen and oxygen atoms in total. The molecule has 106 valence electrons. The fraction of sp³-hybridized carbons (Fsp3) is 0.231. The lowest BCUT2D eigenvalue weighted by Crippen LogP contribution is -2.07. The van der Waals surface area contributed by atoms with Crippen molar-refractivity contribution in [1.82, 2.24) is 4.98 Å². The van der Waals surface area contributed by atoms with E-state index in [4.69, 9.17) is 25.8 Å². The van der Waals surface area contributed by atoms with Crippen molar-refractivity contribution < 1.29 is 23.8 Å². The molecule has 0 radical (unpaired) electrons. The monoisotopic (exact) mass is 297 g/mol. The van der Waals surface area contributed by atoms with E-state index in [-0.39, 0.29) is 5.56 Å². The number of fused-ring (bicyclic) bond motifs is 1. The first-order valence-electron chi connectivity index (χ1n) is 5.59. The highest BCUT2D eigenvalue weighted by atomic mass is 35.5. The first kappa shape index (κ1) is 14.2. The molecular formula is C13H12ClNO5. The highest BCUT2D eigenvalue weighted by Gasteiger charge is 2.25. The fourth-order valence-corrected chi connectivity index (χ4v) is 2.15. The number of methoxy groups -OCH3 is 3. The summed E-state index contributed by atoms with van der Waals surface area (Å²) in [6.07, 6.45) is 1.40. The van der Waals surface area contributed by atoms with Crippen LogP contribution in [0.25, 0.3) is 10.9 Å². The largest absolute Gasteiger partial charge is 0.493 e. The lowest BCUT2D eigenvalue weighted by molar-refractivity contribution is -0.108. The van der Waals surface area contributed by atoms with Gasteiger partial charge in [-0.25, -0.2) is 0 Å². The van der Waals surface area contributed by atoms with E-state index in [9.17, 15) is 9.59 Å². The second-order valence-corrected chi connectivity index (χ2v) is 4.22. The van der Waals surface area contributed by atoms with Crippen LogP contribution in [0.1, 0.15) is 10.4 Å². The molecule has 0 fully saturated rings. The number of aromatic nitrogens is 1. The number of Topliss-reactive ketones (excluding diaryl/α,β-unsaturated/α-hetero) is 1. The van der Waals surface area contributed by atoms with Crippen LogP contribution in [0.2, 0.25) is 0 Å². The Morgan fingerprint density at radius 2 is 1.75 bits per heavy atom. The number of ketones is 1. The highest BCUT2D eigenvalue weighted by Crippen LogP contribution is 2.44. The van der Waals surface area contributed by atoms with Crippen LogP contribution in [0.3, 0.4) is 0 Å². The number of ether oxygens (including phenoxy) is 3. The number of rotatable bonds is 5. The van der Waals surface area contributed by atoms with Gasteiger partial charge in [0.2, 0.25) is 11.5 Å². The van der Waals surface area contributed by atoms with Crippen LogP contribution in [-0.4, -0.2) is 37.3 Å². The summed E-state index contributed by atoms with van der Waals surface area (Å²) in [4.78, 5) is 25.8. The number of nitrogens with one attached hydrogen (secondary N) is 1. The molecule has 0 bridgehead atoms. The van der Waals surface area contributed by atoms with Crippen molar-refractivity contribution in [2.24, 2.45) is 0 Å². The van der Waals surface area contributed by atoms with Crippen molar-refractivity contribution in [2.45, 2.75) is 0 Å². The Morgan fingerprint density at radius 1 is 1.10 bits per heavy atom. The SMILES string of the molecule is COc1cc2[nH]cc(C(=O)C(=O)Cl)c2c(OC)c1OC. The average molecular weight is 298 g/mol. The summed E-state index contributed by atoms with van der Waals surface area (Å²) in [5, 5.41) is -0.646. The summed E-state index contributed by atoms with van der Waals surface area (Å²) in [6, 6.07) is 1.65. The van der Waals surface area contributed by atoms with Gasteiger partial charge in [0.05, 0.1) is 37.8 Å². The molecule has 1 heterocycles. The lowest BCUT2D eigenvalue weighted by atomic mass is 10.1. The maximum Gasteiger partial charge on any atom is 0.293 e. The molecule has 0 atom stereocenters. The number of hydrogen-bond acceptors (Lipinski definition) is 5. The zero-order valence-corrected chi connectivity index (χ0v) is 11.8. The Hall–Kier alpha value is -2.21. The first-order valence-corrected chi connectivity index (χ1v) is 5.97. The van der Waals surface area contributed by atoms with Gasteiger partial charge in [0.25, 0.3) is 5.24 Å². The van der Waals surface area contributed by atoms with E-state index >= 15 is 0 Å². The Labute approximate surface area is 119 Å². The maximum atomic E-state index is 11.8. The summed E-state index contributed by atoms with van der Waals surface area (Å²) < 4.78 is 15.7. The zero-order valence-electron chi connectivity index (χ0n) is 11.1. The van der Waals surface area contributed by atoms with Gasteiger partial charge in [0.1, 0.15) is 0 Å². The highest BCUT2D eigenvalue weighted by molar-refractivity contribution is 6.83. The molecular weight excluding hydrogens is 286 g/mol. The fourth-order valence-electron chi connectivity index (χ4n) is 2.04. The second-order valence-electron chi connectivity index (χ2n) is 3.87. The molecule has 1 aromatic carbocycles. The molecule has 2 aromatic rings. The van der Waals surface area contributed by atoms with Crippen LogP contribution in [0.4, 0.5) is 0 Å². The van der Waals surface area contributed by atoms with E-state index < -0.39 is 11.0 Å². The number of hydrogen-bond donors (Lipinski definition) is 1. The van der Waals surface area contributed by atoms with Gasteiger partial charge >= 0.3 is 0 Å². The molecule has 0 spiro atoms. The van der Waals surface area contributed by atoms with Crippen LogP contribution >= 0.6 is 11.6 Å². The Morgan fingerprint density at radius 3 is 2.25 bits per heavy atom. The molecule has 1 N–H and O–H groups in total. The Balaban J connectivity index is 2.83. The molecule has 0 aliphatic rings. The van der Waals surface area contributed by atoms with E-state index in [0.717, 1.165) is 0 Å². The third-order valence-corrected chi connectivity index (χ3v) is 3.07. The van der Waals surface area contributed by atoms with Crippen molar-refractivity contribution in [3.05, 3.63) is 17.8 Å². The van der Waals surface area contributed by atoms with E-state index in [1.807, 2.05) is 0 Å². The Kier molecular flexibility index (Phi) is 3.85. The molecule has 20 heavy (non-hydrogen) atoms. The van der Waals surface area contributed by atoms with Gasteiger partial charge in [0, 0.05) is 12.3 Å². The molecule has 0 aliphatic carbocycles. The minimum absolute atomic E-state index is 0.123. The number of aromatic amines is 1. The summed E-state index contributed by atoms with van der Waals surface area (Å²) in [5.74, 6) is 0.251. The molecule has 1 aromatic heterocycles.